The molecule has 0 heterocycles. The number of carbonyl (C=O) groups excluding carboxylic acids is 2. The normalized spacial score (nSPS) is 14.6. The summed E-state index contributed by atoms with van der Waals surface area (Å²) in [5.41, 5.74) is -5.49. The van der Waals surface area contributed by atoms with E-state index in [2.05, 4.69) is 16.1 Å². The lowest BCUT2D eigenvalue weighted by molar-refractivity contribution is -0.361. The summed E-state index contributed by atoms with van der Waals surface area (Å²) >= 11 is 0. The van der Waals surface area contributed by atoms with Crippen molar-refractivity contribution in [3.63, 3.8) is 0 Å². The van der Waals surface area contributed by atoms with Crippen molar-refractivity contribution < 1.29 is 58.4 Å². The highest BCUT2D eigenvalue weighted by Gasteiger charge is 2.75. The summed E-state index contributed by atoms with van der Waals surface area (Å²) in [6.45, 7) is 3.93. The molecule has 7 nitrogen and oxygen atoms in total. The van der Waals surface area contributed by atoms with Crippen molar-refractivity contribution in [2.75, 3.05) is 5.75 Å². The second-order valence-corrected chi connectivity index (χ2v) is 6.13. The van der Waals surface area contributed by atoms with Gasteiger partial charge in [-0.1, -0.05) is 6.58 Å². The number of halogens is 6. The van der Waals surface area contributed by atoms with E-state index in [0.29, 0.717) is 6.08 Å². The number of rotatable bonds is 7. The fourth-order valence-electron chi connectivity index (χ4n) is 1.49. The fraction of sp³-hybridized carbons (Fsp3) is 0.636. The van der Waals surface area contributed by atoms with Gasteiger partial charge < -0.3 is 9.47 Å². The van der Waals surface area contributed by atoms with Crippen LogP contribution in [-0.4, -0.2) is 54.7 Å². The second-order valence-electron chi connectivity index (χ2n) is 4.68. The van der Waals surface area contributed by atoms with Crippen molar-refractivity contribution in [1.29, 1.82) is 0 Å². The van der Waals surface area contributed by atoms with Crippen LogP contribution >= 0.6 is 0 Å². The summed E-state index contributed by atoms with van der Waals surface area (Å²) in [4.78, 5) is 22.2. The molecule has 1 N–H and O–H groups in total. The van der Waals surface area contributed by atoms with Crippen LogP contribution in [0, 0.1) is 0 Å². The summed E-state index contributed by atoms with van der Waals surface area (Å²) < 4.78 is 115. The standard InChI is InChI=1S/C11H12F6O7S/c1-3-7(18)23-6(2)4-8(19)24-9(10(12,13)14,11(15,16)17)5-25(20,21)22/h3,6H,1,4-5H2,2H3,(H,20,21,22). The minimum absolute atomic E-state index is 0.621. The van der Waals surface area contributed by atoms with Crippen LogP contribution in [-0.2, 0) is 29.2 Å². The average Bonchev–Trinajstić information content (AvgIpc) is 2.32. The van der Waals surface area contributed by atoms with Crippen LogP contribution in [0.1, 0.15) is 13.3 Å². The molecule has 25 heavy (non-hydrogen) atoms. The van der Waals surface area contributed by atoms with E-state index in [1.165, 1.54) is 0 Å². The first-order valence-corrected chi connectivity index (χ1v) is 7.69. The quantitative estimate of drug-likeness (QED) is 0.299. The molecule has 1 unspecified atom stereocenters. The van der Waals surface area contributed by atoms with Crippen molar-refractivity contribution in [1.82, 2.24) is 0 Å². The number of carbonyl (C=O) groups is 2. The molecule has 0 amide bonds. The Hall–Kier alpha value is -1.83. The van der Waals surface area contributed by atoms with E-state index in [1.807, 2.05) is 0 Å². The minimum atomic E-state index is -6.42. The van der Waals surface area contributed by atoms with E-state index in [1.54, 1.807) is 0 Å². The second kappa shape index (κ2) is 7.59. The van der Waals surface area contributed by atoms with Crippen LogP contribution in [0.15, 0.2) is 12.7 Å². The Balaban J connectivity index is 5.68. The highest BCUT2D eigenvalue weighted by atomic mass is 32.2. The number of alkyl halides is 6. The van der Waals surface area contributed by atoms with E-state index in [-0.39, 0.29) is 0 Å². The average molecular weight is 402 g/mol. The first kappa shape index (κ1) is 23.2. The van der Waals surface area contributed by atoms with Gasteiger partial charge >= 0.3 is 29.9 Å². The monoisotopic (exact) mass is 402 g/mol. The van der Waals surface area contributed by atoms with Gasteiger partial charge in [0.25, 0.3) is 10.1 Å². The number of hydrogen-bond donors (Lipinski definition) is 1. The molecule has 0 aliphatic rings. The molecule has 0 spiro atoms. The van der Waals surface area contributed by atoms with Gasteiger partial charge in [-0.3, -0.25) is 9.35 Å². The zero-order chi connectivity index (χ0) is 20.3. The predicted molar refractivity (Wildman–Crippen MR) is 67.7 cm³/mol. The van der Waals surface area contributed by atoms with Crippen LogP contribution in [0.3, 0.4) is 0 Å². The molecule has 0 aromatic heterocycles. The van der Waals surface area contributed by atoms with Gasteiger partial charge in [-0.2, -0.15) is 34.8 Å². The maximum absolute atomic E-state index is 12.9. The predicted octanol–water partition coefficient (Wildman–Crippen LogP) is 1.79. The van der Waals surface area contributed by atoms with Crippen LogP contribution in [0.4, 0.5) is 26.3 Å². The molecule has 0 rings (SSSR count). The van der Waals surface area contributed by atoms with Gasteiger partial charge in [-0.15, -0.1) is 0 Å². The van der Waals surface area contributed by atoms with Gasteiger partial charge in [0, 0.05) is 6.08 Å². The molecule has 0 saturated carbocycles. The lowest BCUT2D eigenvalue weighted by Crippen LogP contribution is -2.63. The summed E-state index contributed by atoms with van der Waals surface area (Å²) in [7, 11) is -5.86. The van der Waals surface area contributed by atoms with Crippen LogP contribution in [0.25, 0.3) is 0 Å². The third-order valence-electron chi connectivity index (χ3n) is 2.53. The SMILES string of the molecule is C=CC(=O)OC(C)CC(=O)OC(CS(=O)(=O)O)(C(F)(F)F)C(F)(F)F. The summed E-state index contributed by atoms with van der Waals surface area (Å²) in [6, 6.07) is 0. The third kappa shape index (κ3) is 6.53. The molecule has 0 aliphatic carbocycles. The number of ether oxygens (including phenoxy) is 2. The molecule has 146 valence electrons. The van der Waals surface area contributed by atoms with Crippen LogP contribution in [0.2, 0.25) is 0 Å². The Labute approximate surface area is 137 Å². The molecule has 0 bridgehead atoms. The van der Waals surface area contributed by atoms with E-state index in [4.69, 9.17) is 4.55 Å². The summed E-state index contributed by atoms with van der Waals surface area (Å²) in [6.07, 6.45) is -15.0. The van der Waals surface area contributed by atoms with Gasteiger partial charge in [0.05, 0.1) is 6.42 Å². The lowest BCUT2D eigenvalue weighted by atomic mass is 10.1. The Bertz CT molecular complexity index is 608. The van der Waals surface area contributed by atoms with E-state index in [0.717, 1.165) is 6.92 Å². The molecule has 0 saturated heterocycles. The molecule has 14 heteroatoms. The molecule has 0 radical (unpaired) electrons. The molecule has 0 fully saturated rings. The molecule has 0 aliphatic heterocycles. The maximum atomic E-state index is 12.9. The first-order chi connectivity index (χ1) is 10.9. The largest absolute Gasteiger partial charge is 0.459 e. The van der Waals surface area contributed by atoms with Crippen LogP contribution in [0.5, 0.6) is 0 Å². The Morgan fingerprint density at radius 3 is 1.92 bits per heavy atom. The van der Waals surface area contributed by atoms with Gasteiger partial charge in [0.2, 0.25) is 0 Å². The maximum Gasteiger partial charge on any atom is 0.438 e. The Morgan fingerprint density at radius 2 is 1.60 bits per heavy atom. The van der Waals surface area contributed by atoms with Gasteiger partial charge in [0.15, 0.2) is 0 Å². The zero-order valence-corrected chi connectivity index (χ0v) is 13.2. The van der Waals surface area contributed by atoms with Crippen LogP contribution < -0.4 is 0 Å². The van der Waals surface area contributed by atoms with Gasteiger partial charge in [0.1, 0.15) is 11.9 Å². The number of hydrogen-bond acceptors (Lipinski definition) is 6. The molecular formula is C11H12F6O7S. The molecule has 0 aromatic carbocycles. The smallest absolute Gasteiger partial charge is 0.438 e. The first-order valence-electron chi connectivity index (χ1n) is 6.08. The lowest BCUT2D eigenvalue weighted by Gasteiger charge is -2.35. The van der Waals surface area contributed by atoms with E-state index >= 15 is 0 Å². The van der Waals surface area contributed by atoms with Crippen molar-refractivity contribution in [3.05, 3.63) is 12.7 Å². The molecule has 1 atom stereocenters. The summed E-state index contributed by atoms with van der Waals surface area (Å²) in [5.74, 6) is -6.27. The van der Waals surface area contributed by atoms with E-state index < -0.39 is 58.3 Å². The van der Waals surface area contributed by atoms with Gasteiger partial charge in [-0.25, -0.2) is 4.79 Å². The third-order valence-corrected chi connectivity index (χ3v) is 3.30. The Morgan fingerprint density at radius 1 is 1.16 bits per heavy atom. The van der Waals surface area contributed by atoms with Crippen molar-refractivity contribution in [2.24, 2.45) is 0 Å². The Kier molecular flexibility index (Phi) is 7.04. The van der Waals surface area contributed by atoms with Crippen molar-refractivity contribution in [2.45, 2.75) is 37.4 Å². The molecule has 0 aromatic rings. The van der Waals surface area contributed by atoms with E-state index in [9.17, 15) is 44.3 Å². The minimum Gasteiger partial charge on any atom is -0.459 e. The highest BCUT2D eigenvalue weighted by Crippen LogP contribution is 2.47. The fourth-order valence-corrected chi connectivity index (χ4v) is 2.39. The number of esters is 2. The summed E-state index contributed by atoms with van der Waals surface area (Å²) in [5, 5.41) is 0. The molecular weight excluding hydrogens is 390 g/mol. The van der Waals surface area contributed by atoms with Gasteiger partial charge in [-0.05, 0) is 6.92 Å². The van der Waals surface area contributed by atoms with Crippen molar-refractivity contribution >= 4 is 22.1 Å². The highest BCUT2D eigenvalue weighted by molar-refractivity contribution is 7.85. The van der Waals surface area contributed by atoms with Crippen molar-refractivity contribution in [3.8, 4) is 0 Å². The zero-order valence-electron chi connectivity index (χ0n) is 12.3. The topological polar surface area (TPSA) is 107 Å².